The van der Waals surface area contributed by atoms with Crippen LogP contribution >= 0.6 is 0 Å². The van der Waals surface area contributed by atoms with Gasteiger partial charge in [-0.2, -0.15) is 8.78 Å². The van der Waals surface area contributed by atoms with Crippen molar-refractivity contribution >= 4 is 44.6 Å². The fourth-order valence-electron chi connectivity index (χ4n) is 8.94. The lowest BCUT2D eigenvalue weighted by Crippen LogP contribution is -2.64. The number of ether oxygens (including phenoxy) is 4. The van der Waals surface area contributed by atoms with Gasteiger partial charge in [-0.15, -0.1) is 0 Å². The molecule has 17 nitrogen and oxygen atoms in total. The fourth-order valence-corrected chi connectivity index (χ4v) is 10.2. The number of amides is 4. The maximum atomic E-state index is 18.0. The number of benzene rings is 1. The second kappa shape index (κ2) is 18.1. The van der Waals surface area contributed by atoms with E-state index in [9.17, 15) is 27.9 Å². The number of nitrogens with one attached hydrogen (secondary N) is 2. The van der Waals surface area contributed by atoms with Crippen molar-refractivity contribution in [3.63, 3.8) is 0 Å². The van der Waals surface area contributed by atoms with Gasteiger partial charge in [0.2, 0.25) is 27.7 Å². The third-order valence-corrected chi connectivity index (χ3v) is 15.4. The standard InChI is InChI=1S/C47H60F2N6O11S/c1-10-36-37(55(26(2)3)43(59)60)41(57)54-25-45(8,66-40-33-17-15-31(63-9)21-29(33)22-35(51-40)34-18-16-32(24-50-34)64-27(4)5)47(48,49)38(54)39(56)52-46(23-30(46)14-12-11-13-28(6)65-36)42(58)53-67(61,62)44(7)19-20-44/h12,14-18,21-22,24,26-28,30,36-38H,10-11,13,19-20,23,25H2,1-9H3,(H,52,56)(H,53,58)(H,59,60)/b14-12-/t28-,30-,36+,37+,38+,45-,46-/m1/s1. The summed E-state index contributed by atoms with van der Waals surface area (Å²) in [5.74, 6) is -8.29. The van der Waals surface area contributed by atoms with Gasteiger partial charge in [0.15, 0.2) is 11.6 Å². The Bertz CT molecular complexity index is 2560. The third-order valence-electron chi connectivity index (χ3n) is 13.3. The minimum absolute atomic E-state index is 0.0749. The van der Waals surface area contributed by atoms with Crippen molar-refractivity contribution in [2.45, 2.75) is 152 Å². The number of methoxy groups -OCH3 is 1. The summed E-state index contributed by atoms with van der Waals surface area (Å²) in [4.78, 5) is 68.1. The van der Waals surface area contributed by atoms with Crippen LogP contribution < -0.4 is 24.2 Å². The lowest BCUT2D eigenvalue weighted by atomic mass is 9.95. The molecule has 7 atom stereocenters. The fraction of sp³-hybridized carbons (Fsp3) is 0.574. The first kappa shape index (κ1) is 49.3. The average Bonchev–Trinajstić information content (AvgIpc) is 4.16. The van der Waals surface area contributed by atoms with Gasteiger partial charge in [-0.3, -0.25) is 29.0 Å². The molecule has 3 N–H and O–H groups in total. The molecule has 2 aliphatic heterocycles. The smallest absolute Gasteiger partial charge is 0.408 e. The van der Waals surface area contributed by atoms with Gasteiger partial charge in [-0.1, -0.05) is 19.1 Å². The zero-order chi connectivity index (χ0) is 49.0. The van der Waals surface area contributed by atoms with E-state index in [0.29, 0.717) is 53.2 Å². The molecule has 4 aliphatic rings. The zero-order valence-electron chi connectivity index (χ0n) is 39.2. The highest BCUT2D eigenvalue weighted by Gasteiger charge is 2.72. The van der Waals surface area contributed by atoms with Crippen LogP contribution in [0.25, 0.3) is 22.2 Å². The highest BCUT2D eigenvalue weighted by molar-refractivity contribution is 7.91. The highest BCUT2D eigenvalue weighted by atomic mass is 32.2. The van der Waals surface area contributed by atoms with Crippen LogP contribution in [-0.4, -0.2) is 129 Å². The summed E-state index contributed by atoms with van der Waals surface area (Å²) in [6.07, 6.45) is 2.74. The van der Waals surface area contributed by atoms with Crippen LogP contribution in [0.3, 0.4) is 0 Å². The normalized spacial score (nSPS) is 28.6. The molecule has 0 unspecified atom stereocenters. The van der Waals surface area contributed by atoms with E-state index in [4.69, 9.17) is 18.9 Å². The first-order valence-corrected chi connectivity index (χ1v) is 24.1. The molecule has 0 spiro atoms. The topological polar surface area (TPSA) is 216 Å². The van der Waals surface area contributed by atoms with Gasteiger partial charge >= 0.3 is 12.0 Å². The molecule has 7 rings (SSSR count). The number of sulfonamides is 1. The second-order valence-electron chi connectivity index (χ2n) is 19.1. The summed E-state index contributed by atoms with van der Waals surface area (Å²) in [5.41, 5.74) is -4.23. The van der Waals surface area contributed by atoms with Crippen LogP contribution in [0.4, 0.5) is 13.6 Å². The van der Waals surface area contributed by atoms with Gasteiger partial charge in [0.1, 0.15) is 23.1 Å². The Kier molecular flexibility index (Phi) is 13.3. The number of carbonyl (C=O) groups excluding carboxylic acids is 3. The van der Waals surface area contributed by atoms with Crippen molar-refractivity contribution in [1.82, 2.24) is 29.8 Å². The number of hydrogen-bond acceptors (Lipinski definition) is 12. The molecule has 2 aromatic heterocycles. The molecule has 67 heavy (non-hydrogen) atoms. The largest absolute Gasteiger partial charge is 0.497 e. The van der Waals surface area contributed by atoms with E-state index in [2.05, 4.69) is 20.0 Å². The lowest BCUT2D eigenvalue weighted by molar-refractivity contribution is -0.165. The SMILES string of the molecule is CC[C@@H]1O[C@H](C)CC/C=C\[C@@H]2C[C@@]2(C(=O)NS(=O)(=O)C2(C)CC2)NC(=O)[C@@H]2N(C[C@@](C)(Oc3nc(-c4ccc(OC(C)C)cn4)cc4cc(OC)ccc34)C2(F)F)C(=O)[C@H]1N(C(=O)O)C(C)C. The quantitative estimate of drug-likeness (QED) is 0.172. The number of nitrogens with zero attached hydrogens (tertiary/aromatic N) is 4. The summed E-state index contributed by atoms with van der Waals surface area (Å²) < 4.78 is 87.6. The molecule has 20 heteroatoms. The van der Waals surface area contributed by atoms with E-state index in [1.807, 2.05) is 13.8 Å². The Labute approximate surface area is 389 Å². The second-order valence-corrected chi connectivity index (χ2v) is 21.2. The number of carboxylic acid groups (broad SMARTS) is 1. The van der Waals surface area contributed by atoms with Crippen LogP contribution in [0.2, 0.25) is 0 Å². The van der Waals surface area contributed by atoms with Crippen LogP contribution in [0, 0.1) is 5.92 Å². The molecule has 0 bridgehead atoms. The van der Waals surface area contributed by atoms with Crippen LogP contribution in [0.1, 0.15) is 93.9 Å². The first-order valence-electron chi connectivity index (χ1n) is 22.6. The summed E-state index contributed by atoms with van der Waals surface area (Å²) in [6.45, 7) is 11.7. The van der Waals surface area contributed by atoms with E-state index >= 15 is 13.6 Å². The van der Waals surface area contributed by atoms with Gasteiger partial charge in [0.25, 0.3) is 5.91 Å². The molecule has 1 aromatic carbocycles. The number of hydrogen-bond donors (Lipinski definition) is 3. The molecule has 364 valence electrons. The van der Waals surface area contributed by atoms with E-state index < -0.39 is 98.4 Å². The number of aromatic nitrogens is 2. The van der Waals surface area contributed by atoms with Crippen molar-refractivity contribution in [2.75, 3.05) is 13.7 Å². The van der Waals surface area contributed by atoms with Gasteiger partial charge in [0.05, 0.1) is 54.3 Å². The molecule has 4 heterocycles. The Morgan fingerprint density at radius 2 is 1.78 bits per heavy atom. The number of pyridine rings is 2. The number of carbonyl (C=O) groups is 4. The Morgan fingerprint density at radius 1 is 1.07 bits per heavy atom. The van der Waals surface area contributed by atoms with Crippen molar-refractivity contribution < 1.29 is 60.4 Å². The van der Waals surface area contributed by atoms with Crippen molar-refractivity contribution in [1.29, 1.82) is 0 Å². The van der Waals surface area contributed by atoms with Gasteiger partial charge < -0.3 is 34.3 Å². The molecule has 2 saturated carbocycles. The Morgan fingerprint density at radius 3 is 2.37 bits per heavy atom. The molecule has 4 amide bonds. The van der Waals surface area contributed by atoms with Crippen LogP contribution in [-0.2, 0) is 29.1 Å². The minimum atomic E-state index is -4.32. The van der Waals surface area contributed by atoms with Crippen LogP contribution in [0.15, 0.2) is 54.7 Å². The first-order chi connectivity index (χ1) is 31.4. The van der Waals surface area contributed by atoms with E-state index in [1.165, 1.54) is 34.1 Å². The molecule has 3 aromatic rings. The average molecular weight is 955 g/mol. The van der Waals surface area contributed by atoms with Crippen LogP contribution in [0.5, 0.6) is 17.4 Å². The Balaban J connectivity index is 1.37. The molecular formula is C47H60F2N6O11S. The van der Waals surface area contributed by atoms with E-state index in [0.717, 1.165) is 11.8 Å². The van der Waals surface area contributed by atoms with E-state index in [1.54, 1.807) is 62.4 Å². The van der Waals surface area contributed by atoms with Crippen molar-refractivity contribution in [3.05, 3.63) is 54.7 Å². The van der Waals surface area contributed by atoms with Crippen molar-refractivity contribution in [3.8, 4) is 28.8 Å². The number of alkyl halides is 2. The molecule has 3 fully saturated rings. The monoisotopic (exact) mass is 954 g/mol. The maximum absolute atomic E-state index is 18.0. The zero-order valence-corrected chi connectivity index (χ0v) is 40.0. The summed E-state index contributed by atoms with van der Waals surface area (Å²) in [5, 5.41) is 13.8. The molecular weight excluding hydrogens is 895 g/mol. The van der Waals surface area contributed by atoms with Gasteiger partial charge in [-0.05, 0) is 129 Å². The molecule has 1 saturated heterocycles. The molecule has 0 radical (unpaired) electrons. The highest BCUT2D eigenvalue weighted by Crippen LogP contribution is 2.50. The predicted molar refractivity (Wildman–Crippen MR) is 242 cm³/mol. The summed E-state index contributed by atoms with van der Waals surface area (Å²) in [6, 6.07) is 4.45. The number of halogens is 2. The molecule has 2 aliphatic carbocycles. The maximum Gasteiger partial charge on any atom is 0.408 e. The Hall–Kier alpha value is -5.63. The lowest BCUT2D eigenvalue weighted by Gasteiger charge is -2.40. The predicted octanol–water partition coefficient (Wildman–Crippen LogP) is 6.24. The number of allylic oxidation sites excluding steroid dienone is 1. The summed E-state index contributed by atoms with van der Waals surface area (Å²) >= 11 is 0. The van der Waals surface area contributed by atoms with E-state index in [-0.39, 0.29) is 35.9 Å². The minimum Gasteiger partial charge on any atom is -0.497 e. The third kappa shape index (κ3) is 9.34. The van der Waals surface area contributed by atoms with Crippen molar-refractivity contribution in [2.24, 2.45) is 5.92 Å². The number of fused-ring (bicyclic) bond motifs is 3. The summed E-state index contributed by atoms with van der Waals surface area (Å²) in [7, 11) is -2.78. The van der Waals surface area contributed by atoms with Gasteiger partial charge in [0, 0.05) is 17.3 Å². The van der Waals surface area contributed by atoms with Gasteiger partial charge in [-0.25, -0.2) is 18.2 Å². The number of rotatable bonds is 12.